The van der Waals surface area contributed by atoms with Gasteiger partial charge in [-0.2, -0.15) is 0 Å². The van der Waals surface area contributed by atoms with Gasteiger partial charge in [-0.3, -0.25) is 14.5 Å². The first-order valence-corrected chi connectivity index (χ1v) is 7.68. The summed E-state index contributed by atoms with van der Waals surface area (Å²) in [5.74, 6) is -0.505. The van der Waals surface area contributed by atoms with Crippen LogP contribution in [0.4, 0.5) is 0 Å². The summed E-state index contributed by atoms with van der Waals surface area (Å²) in [7, 11) is 0. The molecule has 0 radical (unpaired) electrons. The number of ether oxygens (including phenoxy) is 2. The van der Waals surface area contributed by atoms with Gasteiger partial charge in [0.25, 0.3) is 11.8 Å². The van der Waals surface area contributed by atoms with Gasteiger partial charge in [0, 0.05) is 25.2 Å². The molecule has 0 saturated heterocycles. The maximum atomic E-state index is 11.5. The van der Waals surface area contributed by atoms with Gasteiger partial charge in [-0.1, -0.05) is 0 Å². The number of hydrogen-bond acceptors (Lipinski definition) is 5. The van der Waals surface area contributed by atoms with E-state index >= 15 is 0 Å². The van der Waals surface area contributed by atoms with E-state index in [1.165, 1.54) is 17.1 Å². The number of carbonyl (C=O) groups excluding carboxylic acids is 2. The third-order valence-electron chi connectivity index (χ3n) is 3.65. The van der Waals surface area contributed by atoms with Crippen molar-refractivity contribution in [2.45, 2.75) is 51.7 Å². The first-order valence-electron chi connectivity index (χ1n) is 7.68. The van der Waals surface area contributed by atoms with Crippen LogP contribution in [0, 0.1) is 0 Å². The second-order valence-electron chi connectivity index (χ2n) is 6.67. The molecule has 2 amide bonds. The van der Waals surface area contributed by atoms with Crippen molar-refractivity contribution >= 4 is 11.8 Å². The first-order chi connectivity index (χ1) is 10.2. The minimum atomic E-state index is -0.410. The average Bonchev–Trinajstić information content (AvgIpc) is 2.73. The summed E-state index contributed by atoms with van der Waals surface area (Å²) in [6.45, 7) is 9.87. The van der Waals surface area contributed by atoms with Crippen LogP contribution in [0.5, 0.6) is 0 Å². The molecule has 0 aromatic heterocycles. The summed E-state index contributed by atoms with van der Waals surface area (Å²) >= 11 is 0. The number of nitrogens with zero attached hydrogens (tertiary/aromatic N) is 1. The topological polar surface area (TPSA) is 81.9 Å². The predicted molar refractivity (Wildman–Crippen MR) is 84.2 cm³/mol. The van der Waals surface area contributed by atoms with E-state index in [0.717, 1.165) is 6.42 Å². The molecule has 1 aliphatic heterocycles. The molecule has 0 aliphatic carbocycles. The van der Waals surface area contributed by atoms with Gasteiger partial charge in [-0.25, -0.2) is 0 Å². The van der Waals surface area contributed by atoms with Gasteiger partial charge >= 0.3 is 0 Å². The van der Waals surface area contributed by atoms with Crippen LogP contribution in [0.25, 0.3) is 0 Å². The SMILES string of the molecule is CC(C)(CCOC(C)(C)CCN1C(=O)C=CC1=O)OCCN. The highest BCUT2D eigenvalue weighted by molar-refractivity contribution is 6.12. The van der Waals surface area contributed by atoms with Crippen molar-refractivity contribution in [1.82, 2.24) is 4.90 Å². The van der Waals surface area contributed by atoms with Crippen LogP contribution in [-0.2, 0) is 19.1 Å². The van der Waals surface area contributed by atoms with Gasteiger partial charge in [-0.05, 0) is 40.5 Å². The van der Waals surface area contributed by atoms with E-state index in [1.807, 2.05) is 27.7 Å². The lowest BCUT2D eigenvalue weighted by Crippen LogP contribution is -2.37. The van der Waals surface area contributed by atoms with E-state index in [9.17, 15) is 9.59 Å². The zero-order valence-electron chi connectivity index (χ0n) is 14.1. The van der Waals surface area contributed by atoms with E-state index in [0.29, 0.717) is 32.7 Å². The minimum absolute atomic E-state index is 0.253. The molecule has 22 heavy (non-hydrogen) atoms. The van der Waals surface area contributed by atoms with E-state index in [-0.39, 0.29) is 17.4 Å². The molecule has 6 nitrogen and oxygen atoms in total. The lowest BCUT2D eigenvalue weighted by Gasteiger charge is -2.30. The Hall–Kier alpha value is -1.24. The van der Waals surface area contributed by atoms with E-state index in [1.54, 1.807) is 0 Å². The second-order valence-corrected chi connectivity index (χ2v) is 6.67. The Morgan fingerprint density at radius 1 is 0.955 bits per heavy atom. The summed E-state index contributed by atoms with van der Waals surface area (Å²) in [6.07, 6.45) is 3.94. The average molecular weight is 312 g/mol. The van der Waals surface area contributed by atoms with Crippen molar-refractivity contribution in [3.05, 3.63) is 12.2 Å². The third kappa shape index (κ3) is 6.25. The Balaban J connectivity index is 2.32. The van der Waals surface area contributed by atoms with Crippen LogP contribution in [0.15, 0.2) is 12.2 Å². The fraction of sp³-hybridized carbons (Fsp3) is 0.750. The summed E-state index contributed by atoms with van der Waals surface area (Å²) < 4.78 is 11.5. The third-order valence-corrected chi connectivity index (χ3v) is 3.65. The molecule has 0 saturated carbocycles. The normalized spacial score (nSPS) is 16.0. The van der Waals surface area contributed by atoms with Crippen LogP contribution >= 0.6 is 0 Å². The number of carbonyl (C=O) groups is 2. The molecule has 1 rings (SSSR count). The molecular formula is C16H28N2O4. The lowest BCUT2D eigenvalue weighted by molar-refractivity contribution is -0.137. The number of rotatable bonds is 10. The van der Waals surface area contributed by atoms with Gasteiger partial charge in [0.2, 0.25) is 0 Å². The molecule has 126 valence electrons. The van der Waals surface area contributed by atoms with Crippen LogP contribution in [0.3, 0.4) is 0 Å². The number of imide groups is 1. The van der Waals surface area contributed by atoms with Gasteiger partial charge in [0.05, 0.1) is 24.4 Å². The minimum Gasteiger partial charge on any atom is -0.375 e. The van der Waals surface area contributed by atoms with Gasteiger partial charge in [0.15, 0.2) is 0 Å². The quantitative estimate of drug-likeness (QED) is 0.614. The fourth-order valence-electron chi connectivity index (χ4n) is 2.09. The summed E-state index contributed by atoms with van der Waals surface area (Å²) in [6, 6.07) is 0. The van der Waals surface area contributed by atoms with E-state index in [2.05, 4.69) is 0 Å². The lowest BCUT2D eigenvalue weighted by atomic mass is 10.0. The Morgan fingerprint density at radius 2 is 1.45 bits per heavy atom. The maximum absolute atomic E-state index is 11.5. The highest BCUT2D eigenvalue weighted by atomic mass is 16.5. The van der Waals surface area contributed by atoms with Crippen molar-refractivity contribution in [2.75, 3.05) is 26.3 Å². The molecule has 2 N–H and O–H groups in total. The molecule has 1 aliphatic rings. The zero-order chi connectivity index (χ0) is 16.8. The van der Waals surface area contributed by atoms with Crippen LogP contribution in [-0.4, -0.2) is 54.2 Å². The van der Waals surface area contributed by atoms with E-state index < -0.39 is 5.60 Å². The van der Waals surface area contributed by atoms with Gasteiger partial charge in [-0.15, -0.1) is 0 Å². The number of amides is 2. The Bertz CT molecular complexity index is 412. The summed E-state index contributed by atoms with van der Waals surface area (Å²) in [5, 5.41) is 0. The van der Waals surface area contributed by atoms with Gasteiger partial charge in [0.1, 0.15) is 0 Å². The summed E-state index contributed by atoms with van der Waals surface area (Å²) in [5.41, 5.74) is 4.75. The molecule has 6 heteroatoms. The Labute approximate surface area is 132 Å². The molecule has 0 atom stereocenters. The molecule has 0 fully saturated rings. The maximum Gasteiger partial charge on any atom is 0.253 e. The number of hydrogen-bond donors (Lipinski definition) is 1. The summed E-state index contributed by atoms with van der Waals surface area (Å²) in [4.78, 5) is 24.2. The van der Waals surface area contributed by atoms with Crippen molar-refractivity contribution in [2.24, 2.45) is 5.73 Å². The fourth-order valence-corrected chi connectivity index (χ4v) is 2.09. The van der Waals surface area contributed by atoms with Crippen molar-refractivity contribution < 1.29 is 19.1 Å². The largest absolute Gasteiger partial charge is 0.375 e. The molecule has 0 aromatic rings. The standard InChI is InChI=1S/C16H28N2O4/c1-15(2,7-10-18-13(19)5-6-14(18)20)21-11-8-16(3,4)22-12-9-17/h5-6H,7-12,17H2,1-4H3. The zero-order valence-corrected chi connectivity index (χ0v) is 14.1. The second kappa shape index (κ2) is 7.85. The molecule has 0 aromatic carbocycles. The molecule has 0 spiro atoms. The highest BCUT2D eigenvalue weighted by Crippen LogP contribution is 2.20. The Morgan fingerprint density at radius 3 is 2.00 bits per heavy atom. The van der Waals surface area contributed by atoms with Crippen LogP contribution < -0.4 is 5.73 Å². The van der Waals surface area contributed by atoms with Crippen molar-refractivity contribution in [3.63, 3.8) is 0 Å². The van der Waals surface area contributed by atoms with E-state index in [4.69, 9.17) is 15.2 Å². The van der Waals surface area contributed by atoms with Crippen molar-refractivity contribution in [3.8, 4) is 0 Å². The molecule has 1 heterocycles. The van der Waals surface area contributed by atoms with Gasteiger partial charge < -0.3 is 15.2 Å². The monoisotopic (exact) mass is 312 g/mol. The number of nitrogens with two attached hydrogens (primary N) is 1. The van der Waals surface area contributed by atoms with Crippen molar-refractivity contribution in [1.29, 1.82) is 0 Å². The van der Waals surface area contributed by atoms with Crippen LogP contribution in [0.2, 0.25) is 0 Å². The van der Waals surface area contributed by atoms with Crippen LogP contribution in [0.1, 0.15) is 40.5 Å². The first kappa shape index (κ1) is 18.8. The molecule has 0 bridgehead atoms. The predicted octanol–water partition coefficient (Wildman–Crippen LogP) is 1.24. The Kier molecular flexibility index (Phi) is 6.71. The molecule has 0 unspecified atom stereocenters. The smallest absolute Gasteiger partial charge is 0.253 e. The highest BCUT2D eigenvalue weighted by Gasteiger charge is 2.27. The molecular weight excluding hydrogens is 284 g/mol.